The molecule has 0 radical (unpaired) electrons. The van der Waals surface area contributed by atoms with Crippen molar-refractivity contribution in [2.75, 3.05) is 33.0 Å². The number of hydrogen-bond acceptors (Lipinski definition) is 4. The fourth-order valence-electron chi connectivity index (χ4n) is 2.35. The standard InChI is InChI=1S/C12H20N2O5/c15-11(16)9-6-19-7-10(9)14-12(17)13-5-8-1-3-18-4-2-8/h8-10H,1-7H2,(H,15,16)(H2,13,14,17). The molecule has 7 nitrogen and oxygen atoms in total. The number of carboxylic acids is 1. The quantitative estimate of drug-likeness (QED) is 0.659. The summed E-state index contributed by atoms with van der Waals surface area (Å²) in [5, 5.41) is 14.4. The molecule has 0 spiro atoms. The number of ether oxygens (including phenoxy) is 2. The van der Waals surface area contributed by atoms with Crippen molar-refractivity contribution in [1.29, 1.82) is 0 Å². The highest BCUT2D eigenvalue weighted by Gasteiger charge is 2.35. The van der Waals surface area contributed by atoms with Crippen LogP contribution in [0.3, 0.4) is 0 Å². The zero-order chi connectivity index (χ0) is 13.7. The third kappa shape index (κ3) is 4.07. The van der Waals surface area contributed by atoms with Gasteiger partial charge in [0.05, 0.1) is 19.3 Å². The summed E-state index contributed by atoms with van der Waals surface area (Å²) < 4.78 is 10.3. The Morgan fingerprint density at radius 2 is 1.89 bits per heavy atom. The molecule has 2 aliphatic heterocycles. The fourth-order valence-corrected chi connectivity index (χ4v) is 2.35. The van der Waals surface area contributed by atoms with Crippen molar-refractivity contribution in [3.05, 3.63) is 0 Å². The third-order valence-corrected chi connectivity index (χ3v) is 3.61. The van der Waals surface area contributed by atoms with Gasteiger partial charge in [-0.1, -0.05) is 0 Å². The van der Waals surface area contributed by atoms with Crippen LogP contribution in [0.5, 0.6) is 0 Å². The van der Waals surface area contributed by atoms with Crippen LogP contribution in [0.15, 0.2) is 0 Å². The third-order valence-electron chi connectivity index (χ3n) is 3.61. The summed E-state index contributed by atoms with van der Waals surface area (Å²) in [4.78, 5) is 22.6. The second-order valence-electron chi connectivity index (χ2n) is 5.00. The average Bonchev–Trinajstić information content (AvgIpc) is 2.86. The highest BCUT2D eigenvalue weighted by Crippen LogP contribution is 2.14. The van der Waals surface area contributed by atoms with Gasteiger partial charge in [0.1, 0.15) is 5.92 Å². The fraction of sp³-hybridized carbons (Fsp3) is 0.833. The van der Waals surface area contributed by atoms with E-state index in [2.05, 4.69) is 10.6 Å². The molecule has 3 N–H and O–H groups in total. The van der Waals surface area contributed by atoms with Gasteiger partial charge in [0.2, 0.25) is 0 Å². The predicted molar refractivity (Wildman–Crippen MR) is 65.8 cm³/mol. The van der Waals surface area contributed by atoms with E-state index in [1.54, 1.807) is 0 Å². The van der Waals surface area contributed by atoms with E-state index >= 15 is 0 Å². The molecule has 2 aliphatic rings. The molecule has 2 saturated heterocycles. The maximum Gasteiger partial charge on any atom is 0.315 e. The molecule has 0 aromatic rings. The molecular weight excluding hydrogens is 252 g/mol. The summed E-state index contributed by atoms with van der Waals surface area (Å²) in [7, 11) is 0. The largest absolute Gasteiger partial charge is 0.481 e. The van der Waals surface area contributed by atoms with Gasteiger partial charge >= 0.3 is 12.0 Å². The highest BCUT2D eigenvalue weighted by molar-refractivity contribution is 5.77. The Morgan fingerprint density at radius 1 is 1.16 bits per heavy atom. The summed E-state index contributed by atoms with van der Waals surface area (Å²) in [5.41, 5.74) is 0. The Balaban J connectivity index is 1.70. The lowest BCUT2D eigenvalue weighted by atomic mass is 10.0. The van der Waals surface area contributed by atoms with Crippen molar-refractivity contribution in [2.24, 2.45) is 11.8 Å². The lowest BCUT2D eigenvalue weighted by Crippen LogP contribution is -2.48. The van der Waals surface area contributed by atoms with Crippen LogP contribution in [-0.2, 0) is 14.3 Å². The normalized spacial score (nSPS) is 28.0. The minimum Gasteiger partial charge on any atom is -0.481 e. The molecule has 2 heterocycles. The molecule has 19 heavy (non-hydrogen) atoms. The summed E-state index contributed by atoms with van der Waals surface area (Å²) >= 11 is 0. The van der Waals surface area contributed by atoms with Gasteiger partial charge in [-0.25, -0.2) is 4.79 Å². The van der Waals surface area contributed by atoms with Gasteiger partial charge < -0.3 is 25.2 Å². The van der Waals surface area contributed by atoms with Gasteiger partial charge in [-0.2, -0.15) is 0 Å². The average molecular weight is 272 g/mol. The SMILES string of the molecule is O=C(NCC1CCOCC1)NC1COCC1C(=O)O. The van der Waals surface area contributed by atoms with E-state index in [1.807, 2.05) is 0 Å². The van der Waals surface area contributed by atoms with Crippen LogP contribution in [0, 0.1) is 11.8 Å². The lowest BCUT2D eigenvalue weighted by molar-refractivity contribution is -0.142. The molecule has 0 aromatic heterocycles. The molecule has 0 aliphatic carbocycles. The van der Waals surface area contributed by atoms with Crippen molar-refractivity contribution in [3.63, 3.8) is 0 Å². The van der Waals surface area contributed by atoms with Gasteiger partial charge in [0.25, 0.3) is 0 Å². The topological polar surface area (TPSA) is 96.9 Å². The summed E-state index contributed by atoms with van der Waals surface area (Å²) in [6, 6.07) is -0.777. The first-order valence-electron chi connectivity index (χ1n) is 6.59. The second-order valence-corrected chi connectivity index (χ2v) is 5.00. The van der Waals surface area contributed by atoms with Crippen LogP contribution >= 0.6 is 0 Å². The smallest absolute Gasteiger partial charge is 0.315 e. The summed E-state index contributed by atoms with van der Waals surface area (Å²) in [6.07, 6.45) is 1.90. The summed E-state index contributed by atoms with van der Waals surface area (Å²) in [6.45, 7) is 2.49. The lowest BCUT2D eigenvalue weighted by Gasteiger charge is -2.23. The zero-order valence-electron chi connectivity index (χ0n) is 10.8. The predicted octanol–water partition coefficient (Wildman–Crippen LogP) is -0.188. The van der Waals surface area contributed by atoms with Gasteiger partial charge in [-0.3, -0.25) is 4.79 Å². The first-order chi connectivity index (χ1) is 9.16. The molecule has 0 aromatic carbocycles. The molecule has 2 rings (SSSR count). The Hall–Kier alpha value is -1.34. The number of carboxylic acid groups (broad SMARTS) is 1. The molecule has 0 bridgehead atoms. The number of urea groups is 1. The Labute approximate surface area is 111 Å². The number of carbonyl (C=O) groups is 2. The maximum absolute atomic E-state index is 11.7. The number of carbonyl (C=O) groups excluding carboxylic acids is 1. The maximum atomic E-state index is 11.7. The molecular formula is C12H20N2O5. The van der Waals surface area contributed by atoms with E-state index in [0.717, 1.165) is 26.1 Å². The number of rotatable bonds is 4. The Bertz CT molecular complexity index is 330. The Morgan fingerprint density at radius 3 is 2.58 bits per heavy atom. The zero-order valence-corrected chi connectivity index (χ0v) is 10.8. The molecule has 2 atom stereocenters. The first-order valence-corrected chi connectivity index (χ1v) is 6.59. The van der Waals surface area contributed by atoms with E-state index in [1.165, 1.54) is 0 Å². The molecule has 2 amide bonds. The van der Waals surface area contributed by atoms with E-state index < -0.39 is 17.9 Å². The molecule has 0 saturated carbocycles. The molecule has 7 heteroatoms. The van der Waals surface area contributed by atoms with Crippen molar-refractivity contribution in [2.45, 2.75) is 18.9 Å². The van der Waals surface area contributed by atoms with Crippen molar-refractivity contribution < 1.29 is 24.2 Å². The van der Waals surface area contributed by atoms with E-state index in [-0.39, 0.29) is 19.2 Å². The summed E-state index contributed by atoms with van der Waals surface area (Å²) in [5.74, 6) is -1.16. The van der Waals surface area contributed by atoms with Gasteiger partial charge in [0, 0.05) is 19.8 Å². The second kappa shape index (κ2) is 6.72. The highest BCUT2D eigenvalue weighted by atomic mass is 16.5. The number of aliphatic carboxylic acids is 1. The van der Waals surface area contributed by atoms with Gasteiger partial charge in [-0.05, 0) is 18.8 Å². The first kappa shape index (κ1) is 14.1. The number of nitrogens with one attached hydrogen (secondary N) is 2. The Kier molecular flexibility index (Phi) is 4.98. The van der Waals surface area contributed by atoms with Crippen LogP contribution < -0.4 is 10.6 Å². The van der Waals surface area contributed by atoms with Crippen molar-refractivity contribution in [3.8, 4) is 0 Å². The van der Waals surface area contributed by atoms with E-state index in [0.29, 0.717) is 12.5 Å². The molecule has 2 fully saturated rings. The van der Waals surface area contributed by atoms with Crippen LogP contribution in [0.4, 0.5) is 4.79 Å². The van der Waals surface area contributed by atoms with Crippen LogP contribution in [0.2, 0.25) is 0 Å². The minimum atomic E-state index is -0.938. The molecule has 108 valence electrons. The van der Waals surface area contributed by atoms with Crippen LogP contribution in [-0.4, -0.2) is 56.1 Å². The molecule has 2 unspecified atom stereocenters. The van der Waals surface area contributed by atoms with Gasteiger partial charge in [-0.15, -0.1) is 0 Å². The van der Waals surface area contributed by atoms with E-state index in [4.69, 9.17) is 14.6 Å². The number of amides is 2. The minimum absolute atomic E-state index is 0.153. The van der Waals surface area contributed by atoms with Crippen molar-refractivity contribution in [1.82, 2.24) is 10.6 Å². The van der Waals surface area contributed by atoms with Crippen molar-refractivity contribution >= 4 is 12.0 Å². The van der Waals surface area contributed by atoms with Crippen LogP contribution in [0.25, 0.3) is 0 Å². The monoisotopic (exact) mass is 272 g/mol. The van der Waals surface area contributed by atoms with Crippen LogP contribution in [0.1, 0.15) is 12.8 Å². The van der Waals surface area contributed by atoms with Gasteiger partial charge in [0.15, 0.2) is 0 Å². The number of hydrogen-bond donors (Lipinski definition) is 3. The van der Waals surface area contributed by atoms with E-state index in [9.17, 15) is 9.59 Å².